The Morgan fingerprint density at radius 3 is 2.83 bits per heavy atom. The third-order valence-corrected chi connectivity index (χ3v) is 3.57. The van der Waals surface area contributed by atoms with Gasteiger partial charge in [0.15, 0.2) is 0 Å². The van der Waals surface area contributed by atoms with Crippen molar-refractivity contribution in [2.24, 2.45) is 5.92 Å². The molecule has 0 atom stereocenters. The molecular weight excluding hydrogens is 252 g/mol. The number of carbonyl (C=O) groups excluding carboxylic acids is 1. The zero-order chi connectivity index (χ0) is 13.3. The number of hydrogen-bond donors (Lipinski definition) is 2. The number of halogens is 1. The Labute approximate surface area is 112 Å². The molecule has 18 heavy (non-hydrogen) atoms. The fourth-order valence-corrected chi connectivity index (χ4v) is 2.46. The fourth-order valence-electron chi connectivity index (χ4n) is 2.25. The second kappa shape index (κ2) is 5.33. The first-order valence-corrected chi connectivity index (χ1v) is 6.68. The highest BCUT2D eigenvalue weighted by Gasteiger charge is 2.27. The maximum atomic E-state index is 12.1. The first-order valence-electron chi connectivity index (χ1n) is 6.31. The number of nitrogens with one attached hydrogen (secondary N) is 1. The third-order valence-electron chi connectivity index (χ3n) is 3.37. The van der Waals surface area contributed by atoms with Gasteiger partial charge in [-0.2, -0.15) is 0 Å². The van der Waals surface area contributed by atoms with Crippen LogP contribution in [0.4, 0.5) is 0 Å². The summed E-state index contributed by atoms with van der Waals surface area (Å²) in [5.74, 6) is 0.305. The predicted molar refractivity (Wildman–Crippen MR) is 70.9 cm³/mol. The Balaban J connectivity index is 1.95. The van der Waals surface area contributed by atoms with Crippen molar-refractivity contribution in [3.63, 3.8) is 0 Å². The lowest BCUT2D eigenvalue weighted by molar-refractivity contribution is 0.0419. The van der Waals surface area contributed by atoms with Crippen LogP contribution in [-0.4, -0.2) is 28.2 Å². The molecule has 4 nitrogen and oxygen atoms in total. The summed E-state index contributed by atoms with van der Waals surface area (Å²) in [5, 5.41) is 12.7. The highest BCUT2D eigenvalue weighted by atomic mass is 35.5. The van der Waals surface area contributed by atoms with E-state index in [9.17, 15) is 9.90 Å². The molecule has 2 rings (SSSR count). The number of nitrogens with zero attached hydrogens (tertiary/aromatic N) is 1. The van der Waals surface area contributed by atoms with Crippen molar-refractivity contribution >= 4 is 17.5 Å². The molecule has 1 aromatic heterocycles. The van der Waals surface area contributed by atoms with Crippen LogP contribution in [0.1, 0.15) is 43.2 Å². The van der Waals surface area contributed by atoms with E-state index in [1.54, 1.807) is 12.3 Å². The summed E-state index contributed by atoms with van der Waals surface area (Å²) < 4.78 is 1.87. The number of amides is 1. The number of carbonyl (C=O) groups is 1. The number of aromatic nitrogens is 1. The quantitative estimate of drug-likeness (QED) is 0.881. The molecule has 0 saturated heterocycles. The highest BCUT2D eigenvalue weighted by molar-refractivity contribution is 6.31. The van der Waals surface area contributed by atoms with E-state index in [1.165, 1.54) is 0 Å². The molecule has 1 aliphatic rings. The minimum atomic E-state index is -0.180. The topological polar surface area (TPSA) is 54.3 Å². The van der Waals surface area contributed by atoms with Crippen LogP contribution >= 0.6 is 11.6 Å². The zero-order valence-corrected chi connectivity index (χ0v) is 11.4. The molecule has 0 unspecified atom stereocenters. The van der Waals surface area contributed by atoms with Crippen molar-refractivity contribution in [1.29, 1.82) is 0 Å². The summed E-state index contributed by atoms with van der Waals surface area (Å²) in [4.78, 5) is 12.1. The van der Waals surface area contributed by atoms with Gasteiger partial charge in [0.2, 0.25) is 0 Å². The smallest absolute Gasteiger partial charge is 0.267 e. The van der Waals surface area contributed by atoms with Crippen molar-refractivity contribution in [2.45, 2.75) is 38.8 Å². The van der Waals surface area contributed by atoms with Gasteiger partial charge in [0.1, 0.15) is 5.69 Å². The third kappa shape index (κ3) is 2.87. The molecule has 0 radical (unpaired) electrons. The van der Waals surface area contributed by atoms with E-state index in [2.05, 4.69) is 5.32 Å². The van der Waals surface area contributed by atoms with E-state index >= 15 is 0 Å². The van der Waals surface area contributed by atoms with E-state index in [1.807, 2.05) is 18.4 Å². The van der Waals surface area contributed by atoms with Gasteiger partial charge < -0.3 is 15.0 Å². The minimum Gasteiger partial charge on any atom is -0.393 e. The first kappa shape index (κ1) is 13.4. The van der Waals surface area contributed by atoms with E-state index in [4.69, 9.17) is 11.6 Å². The second-order valence-electron chi connectivity index (χ2n) is 5.25. The number of rotatable bonds is 4. The first-order chi connectivity index (χ1) is 8.47. The largest absolute Gasteiger partial charge is 0.393 e. The van der Waals surface area contributed by atoms with Crippen molar-refractivity contribution in [3.8, 4) is 0 Å². The maximum absolute atomic E-state index is 12.1. The van der Waals surface area contributed by atoms with Gasteiger partial charge in [-0.25, -0.2) is 0 Å². The molecule has 0 aliphatic heterocycles. The Bertz CT molecular complexity index is 436. The lowest BCUT2D eigenvalue weighted by Crippen LogP contribution is -2.38. The molecule has 1 amide bonds. The predicted octanol–water partition coefficient (Wildman–Crippen LogP) is 2.22. The normalized spacial score (nSPS) is 22.9. The average molecular weight is 271 g/mol. The van der Waals surface area contributed by atoms with Crippen LogP contribution in [0.15, 0.2) is 12.3 Å². The van der Waals surface area contributed by atoms with Gasteiger partial charge in [0.25, 0.3) is 5.91 Å². The van der Waals surface area contributed by atoms with E-state index < -0.39 is 0 Å². The van der Waals surface area contributed by atoms with Gasteiger partial charge in [0.05, 0.1) is 11.1 Å². The van der Waals surface area contributed by atoms with Gasteiger partial charge in [-0.05, 0) is 38.7 Å². The molecule has 0 aromatic carbocycles. The second-order valence-corrected chi connectivity index (χ2v) is 5.68. The molecule has 2 N–H and O–H groups in total. The Hall–Kier alpha value is -1.00. The van der Waals surface area contributed by atoms with Crippen molar-refractivity contribution in [2.75, 3.05) is 6.54 Å². The monoisotopic (exact) mass is 270 g/mol. The van der Waals surface area contributed by atoms with Gasteiger partial charge in [-0.15, -0.1) is 0 Å². The van der Waals surface area contributed by atoms with Gasteiger partial charge in [-0.3, -0.25) is 4.79 Å². The lowest BCUT2D eigenvalue weighted by Gasteiger charge is -2.31. The fraction of sp³-hybridized carbons (Fsp3) is 0.615. The molecular formula is C13H19ClN2O2. The number of aliphatic hydroxyl groups excluding tert-OH is 1. The Morgan fingerprint density at radius 2 is 2.28 bits per heavy atom. The number of hydrogen-bond acceptors (Lipinski definition) is 2. The van der Waals surface area contributed by atoms with Crippen LogP contribution in [0.25, 0.3) is 0 Å². The standard InChI is InChI=1S/C13H19ClN2O2/c1-8(2)16-7-10(14)5-12(16)13(18)15-6-9-3-11(17)4-9/h5,7-9,11,17H,3-4,6H2,1-2H3,(H,15,18). The van der Waals surface area contributed by atoms with E-state index in [0.29, 0.717) is 23.2 Å². The summed E-state index contributed by atoms with van der Waals surface area (Å²) in [6.07, 6.45) is 3.16. The van der Waals surface area contributed by atoms with Crippen LogP contribution in [0.3, 0.4) is 0 Å². The SMILES string of the molecule is CC(C)n1cc(Cl)cc1C(=O)NCC1CC(O)C1. The Kier molecular flexibility index (Phi) is 3.97. The molecule has 1 saturated carbocycles. The van der Waals surface area contributed by atoms with E-state index in [-0.39, 0.29) is 18.1 Å². The molecule has 1 aliphatic carbocycles. The summed E-state index contributed by atoms with van der Waals surface area (Å²) in [7, 11) is 0. The summed E-state index contributed by atoms with van der Waals surface area (Å²) in [5.41, 5.74) is 0.592. The summed E-state index contributed by atoms with van der Waals surface area (Å²) in [6.45, 7) is 4.64. The molecule has 0 spiro atoms. The van der Waals surface area contributed by atoms with E-state index in [0.717, 1.165) is 12.8 Å². The van der Waals surface area contributed by atoms with Crippen LogP contribution in [0.2, 0.25) is 5.02 Å². The minimum absolute atomic E-state index is 0.100. The molecule has 1 fully saturated rings. The molecule has 100 valence electrons. The van der Waals surface area contributed by atoms with Crippen molar-refractivity contribution < 1.29 is 9.90 Å². The molecule has 1 heterocycles. The molecule has 0 bridgehead atoms. The van der Waals surface area contributed by atoms with Crippen LogP contribution < -0.4 is 5.32 Å². The van der Waals surface area contributed by atoms with Gasteiger partial charge >= 0.3 is 0 Å². The summed E-state index contributed by atoms with van der Waals surface area (Å²) in [6, 6.07) is 1.88. The maximum Gasteiger partial charge on any atom is 0.267 e. The van der Waals surface area contributed by atoms with Crippen molar-refractivity contribution in [1.82, 2.24) is 9.88 Å². The highest BCUT2D eigenvalue weighted by Crippen LogP contribution is 2.26. The lowest BCUT2D eigenvalue weighted by atomic mass is 9.82. The number of aliphatic hydroxyl groups is 1. The Morgan fingerprint density at radius 1 is 1.61 bits per heavy atom. The van der Waals surface area contributed by atoms with Crippen LogP contribution in [-0.2, 0) is 0 Å². The zero-order valence-electron chi connectivity index (χ0n) is 10.7. The van der Waals surface area contributed by atoms with Crippen molar-refractivity contribution in [3.05, 3.63) is 23.0 Å². The summed E-state index contributed by atoms with van der Waals surface area (Å²) >= 11 is 5.94. The van der Waals surface area contributed by atoms with Gasteiger partial charge in [-0.1, -0.05) is 11.6 Å². The van der Waals surface area contributed by atoms with Crippen LogP contribution in [0.5, 0.6) is 0 Å². The molecule has 5 heteroatoms. The average Bonchev–Trinajstić information content (AvgIpc) is 2.65. The molecule has 1 aromatic rings. The van der Waals surface area contributed by atoms with Gasteiger partial charge in [0, 0.05) is 18.8 Å². The van der Waals surface area contributed by atoms with Crippen LogP contribution in [0, 0.1) is 5.92 Å².